The predicted octanol–water partition coefficient (Wildman–Crippen LogP) is 0.829. The average Bonchev–Trinajstić information content (AvgIpc) is 3.12. The SMILES string of the molecule is CC(=O)N(CC1CCN(C(=O)[C@@H](N)C(C)C)C1)C1CC1. The van der Waals surface area contributed by atoms with Gasteiger partial charge in [-0.3, -0.25) is 9.59 Å². The minimum atomic E-state index is -0.402. The van der Waals surface area contributed by atoms with Gasteiger partial charge in [-0.25, -0.2) is 0 Å². The molecule has 20 heavy (non-hydrogen) atoms. The molecule has 0 aromatic carbocycles. The van der Waals surface area contributed by atoms with Crippen molar-refractivity contribution in [2.45, 2.75) is 52.1 Å². The van der Waals surface area contributed by atoms with Crippen LogP contribution in [0.4, 0.5) is 0 Å². The van der Waals surface area contributed by atoms with Gasteiger partial charge in [-0.05, 0) is 31.1 Å². The molecule has 2 amide bonds. The fraction of sp³-hybridized carbons (Fsp3) is 0.867. The number of hydrogen-bond donors (Lipinski definition) is 1. The Labute approximate surface area is 121 Å². The number of amides is 2. The van der Waals surface area contributed by atoms with Crippen molar-refractivity contribution < 1.29 is 9.59 Å². The van der Waals surface area contributed by atoms with E-state index in [0.29, 0.717) is 12.0 Å². The summed E-state index contributed by atoms with van der Waals surface area (Å²) in [6.07, 6.45) is 3.24. The lowest BCUT2D eigenvalue weighted by Crippen LogP contribution is -2.46. The Morgan fingerprint density at radius 2 is 1.95 bits per heavy atom. The van der Waals surface area contributed by atoms with Crippen LogP contribution >= 0.6 is 0 Å². The standard InChI is InChI=1S/C15H27N3O2/c1-10(2)14(16)15(20)17-7-6-12(8-17)9-18(11(3)19)13-4-5-13/h10,12-14H,4-9,16H2,1-3H3/t12?,14-/m0/s1. The molecule has 2 rings (SSSR count). The first kappa shape index (κ1) is 15.3. The Bertz CT molecular complexity index is 379. The van der Waals surface area contributed by atoms with Crippen molar-refractivity contribution in [2.24, 2.45) is 17.6 Å². The van der Waals surface area contributed by atoms with Crippen molar-refractivity contribution in [2.75, 3.05) is 19.6 Å². The van der Waals surface area contributed by atoms with E-state index >= 15 is 0 Å². The molecule has 2 fully saturated rings. The van der Waals surface area contributed by atoms with E-state index in [1.807, 2.05) is 23.6 Å². The van der Waals surface area contributed by atoms with E-state index in [1.165, 1.54) is 0 Å². The fourth-order valence-electron chi connectivity index (χ4n) is 2.88. The summed E-state index contributed by atoms with van der Waals surface area (Å²) >= 11 is 0. The number of carbonyl (C=O) groups is 2. The second-order valence-corrected chi connectivity index (χ2v) is 6.61. The minimum Gasteiger partial charge on any atom is -0.341 e. The second kappa shape index (κ2) is 6.12. The summed E-state index contributed by atoms with van der Waals surface area (Å²) in [5, 5.41) is 0. The molecule has 1 aliphatic heterocycles. The molecule has 0 aromatic rings. The molecule has 0 radical (unpaired) electrons. The van der Waals surface area contributed by atoms with Gasteiger partial charge in [0, 0.05) is 32.6 Å². The molecule has 2 aliphatic rings. The van der Waals surface area contributed by atoms with Crippen LogP contribution in [0.25, 0.3) is 0 Å². The molecule has 0 aromatic heterocycles. The van der Waals surface area contributed by atoms with Crippen LogP contribution in [-0.4, -0.2) is 53.3 Å². The number of likely N-dealkylation sites (tertiary alicyclic amines) is 1. The molecule has 2 atom stereocenters. The second-order valence-electron chi connectivity index (χ2n) is 6.61. The molecular formula is C15H27N3O2. The van der Waals surface area contributed by atoms with E-state index < -0.39 is 6.04 Å². The summed E-state index contributed by atoms with van der Waals surface area (Å²) in [5.74, 6) is 0.795. The van der Waals surface area contributed by atoms with Crippen LogP contribution in [0.2, 0.25) is 0 Å². The smallest absolute Gasteiger partial charge is 0.239 e. The van der Waals surface area contributed by atoms with E-state index in [1.54, 1.807) is 6.92 Å². The minimum absolute atomic E-state index is 0.0586. The first-order valence-corrected chi connectivity index (χ1v) is 7.71. The maximum Gasteiger partial charge on any atom is 0.239 e. The van der Waals surface area contributed by atoms with Gasteiger partial charge in [0.05, 0.1) is 6.04 Å². The molecule has 1 saturated heterocycles. The molecule has 1 unspecified atom stereocenters. The molecule has 0 bridgehead atoms. The summed E-state index contributed by atoms with van der Waals surface area (Å²) in [4.78, 5) is 27.7. The summed E-state index contributed by atoms with van der Waals surface area (Å²) in [6, 6.07) is 0.0521. The molecule has 5 heteroatoms. The van der Waals surface area contributed by atoms with Crippen molar-refractivity contribution in [1.29, 1.82) is 0 Å². The molecular weight excluding hydrogens is 254 g/mol. The highest BCUT2D eigenvalue weighted by molar-refractivity contribution is 5.82. The largest absolute Gasteiger partial charge is 0.341 e. The summed E-state index contributed by atoms with van der Waals surface area (Å²) < 4.78 is 0. The van der Waals surface area contributed by atoms with Gasteiger partial charge in [0.1, 0.15) is 0 Å². The predicted molar refractivity (Wildman–Crippen MR) is 77.9 cm³/mol. The topological polar surface area (TPSA) is 66.6 Å². The van der Waals surface area contributed by atoms with Crippen LogP contribution in [0.5, 0.6) is 0 Å². The highest BCUT2D eigenvalue weighted by Crippen LogP contribution is 2.29. The Kier molecular flexibility index (Phi) is 4.68. The lowest BCUT2D eigenvalue weighted by atomic mass is 10.0. The third kappa shape index (κ3) is 3.51. The third-order valence-electron chi connectivity index (χ3n) is 4.45. The van der Waals surface area contributed by atoms with Crippen molar-refractivity contribution in [3.8, 4) is 0 Å². The zero-order chi connectivity index (χ0) is 14.9. The molecule has 1 aliphatic carbocycles. The van der Waals surface area contributed by atoms with Crippen LogP contribution in [0, 0.1) is 11.8 Å². The van der Waals surface area contributed by atoms with Crippen LogP contribution in [0.1, 0.15) is 40.0 Å². The van der Waals surface area contributed by atoms with Gasteiger partial charge < -0.3 is 15.5 Å². The van der Waals surface area contributed by atoms with Crippen molar-refractivity contribution in [3.63, 3.8) is 0 Å². The monoisotopic (exact) mass is 281 g/mol. The van der Waals surface area contributed by atoms with Crippen LogP contribution in [-0.2, 0) is 9.59 Å². The van der Waals surface area contributed by atoms with E-state index in [-0.39, 0.29) is 17.7 Å². The summed E-state index contributed by atoms with van der Waals surface area (Å²) in [6.45, 7) is 7.91. The first-order valence-electron chi connectivity index (χ1n) is 7.71. The van der Waals surface area contributed by atoms with Gasteiger partial charge in [-0.2, -0.15) is 0 Å². The van der Waals surface area contributed by atoms with Crippen LogP contribution in [0.3, 0.4) is 0 Å². The lowest BCUT2D eigenvalue weighted by molar-refractivity contribution is -0.132. The maximum atomic E-state index is 12.2. The van der Waals surface area contributed by atoms with Crippen molar-refractivity contribution >= 4 is 11.8 Å². The normalized spacial score (nSPS) is 24.1. The number of hydrogen-bond acceptors (Lipinski definition) is 3. The Balaban J connectivity index is 1.85. The third-order valence-corrected chi connectivity index (χ3v) is 4.45. The highest BCUT2D eigenvalue weighted by Gasteiger charge is 2.36. The van der Waals surface area contributed by atoms with Crippen LogP contribution in [0.15, 0.2) is 0 Å². The van der Waals surface area contributed by atoms with E-state index in [4.69, 9.17) is 5.73 Å². The average molecular weight is 281 g/mol. The molecule has 0 spiro atoms. The number of nitrogens with two attached hydrogens (primary N) is 1. The van der Waals surface area contributed by atoms with Gasteiger partial charge in [0.25, 0.3) is 0 Å². The molecule has 2 N–H and O–H groups in total. The number of nitrogens with zero attached hydrogens (tertiary/aromatic N) is 2. The summed E-state index contributed by atoms with van der Waals surface area (Å²) in [7, 11) is 0. The zero-order valence-electron chi connectivity index (χ0n) is 12.8. The van der Waals surface area contributed by atoms with Gasteiger partial charge >= 0.3 is 0 Å². The van der Waals surface area contributed by atoms with Gasteiger partial charge in [-0.1, -0.05) is 13.8 Å². The highest BCUT2D eigenvalue weighted by atomic mass is 16.2. The van der Waals surface area contributed by atoms with Gasteiger partial charge in [0.2, 0.25) is 11.8 Å². The van der Waals surface area contributed by atoms with E-state index in [2.05, 4.69) is 0 Å². The summed E-state index contributed by atoms with van der Waals surface area (Å²) in [5.41, 5.74) is 5.94. The number of rotatable bonds is 5. The first-order chi connectivity index (χ1) is 9.40. The van der Waals surface area contributed by atoms with Gasteiger partial charge in [-0.15, -0.1) is 0 Å². The Morgan fingerprint density at radius 3 is 2.45 bits per heavy atom. The number of carbonyl (C=O) groups excluding carboxylic acids is 2. The Morgan fingerprint density at radius 1 is 1.30 bits per heavy atom. The van der Waals surface area contributed by atoms with Crippen LogP contribution < -0.4 is 5.73 Å². The van der Waals surface area contributed by atoms with E-state index in [0.717, 1.165) is 38.9 Å². The van der Waals surface area contributed by atoms with Crippen molar-refractivity contribution in [3.05, 3.63) is 0 Å². The molecule has 1 heterocycles. The van der Waals surface area contributed by atoms with E-state index in [9.17, 15) is 9.59 Å². The van der Waals surface area contributed by atoms with Crippen molar-refractivity contribution in [1.82, 2.24) is 9.80 Å². The Hall–Kier alpha value is -1.10. The maximum absolute atomic E-state index is 12.2. The zero-order valence-corrected chi connectivity index (χ0v) is 12.8. The fourth-order valence-corrected chi connectivity index (χ4v) is 2.88. The quantitative estimate of drug-likeness (QED) is 0.811. The lowest BCUT2D eigenvalue weighted by Gasteiger charge is -2.26. The molecule has 5 nitrogen and oxygen atoms in total. The molecule has 1 saturated carbocycles. The molecule has 114 valence electrons. The van der Waals surface area contributed by atoms with Gasteiger partial charge in [0.15, 0.2) is 0 Å².